The van der Waals surface area contributed by atoms with Crippen molar-refractivity contribution in [2.45, 2.75) is 77.0 Å². The van der Waals surface area contributed by atoms with Crippen molar-refractivity contribution < 1.29 is 19.5 Å². The number of carbonyl (C=O) groups excluding carboxylic acids is 2. The number of rotatable bonds is 9. The molecule has 2 amide bonds. The van der Waals surface area contributed by atoms with Gasteiger partial charge in [0.15, 0.2) is 0 Å². The minimum atomic E-state index is -0.763. The van der Waals surface area contributed by atoms with Gasteiger partial charge in [-0.05, 0) is 104 Å². The quantitative estimate of drug-likeness (QED) is 0.210. The summed E-state index contributed by atoms with van der Waals surface area (Å²) in [5.74, 6) is -0.551. The molecule has 0 bridgehead atoms. The summed E-state index contributed by atoms with van der Waals surface area (Å²) < 4.78 is 0. The molecule has 12 heteroatoms. The normalized spacial score (nSPS) is 20.8. The van der Waals surface area contributed by atoms with E-state index < -0.39 is 5.97 Å². The van der Waals surface area contributed by atoms with Gasteiger partial charge in [0.2, 0.25) is 11.8 Å². The standard InChI is InChI=1S/C30H60N8O4/c39-28(37-23-5-2-13-31-15-8-17-33-19-20-35-26-37)10-7-11-29(40)38-24-6-3-14-32-16-9-18-34-21-25-36(27-38)22-4-1-12-30(41)42/h31-35H,1-27H2,(H,41,42). The number of aliphatic carboxylic acids is 1. The zero-order chi connectivity index (χ0) is 30.1. The molecule has 42 heavy (non-hydrogen) atoms. The Labute approximate surface area is 254 Å². The Hall–Kier alpha value is -1.83. The fourth-order valence-electron chi connectivity index (χ4n) is 5.29. The first-order chi connectivity index (χ1) is 20.6. The highest BCUT2D eigenvalue weighted by Gasteiger charge is 2.19. The molecule has 0 atom stereocenters. The molecule has 12 nitrogen and oxygen atoms in total. The van der Waals surface area contributed by atoms with Crippen molar-refractivity contribution in [3.05, 3.63) is 0 Å². The van der Waals surface area contributed by atoms with Gasteiger partial charge in [-0.15, -0.1) is 0 Å². The summed E-state index contributed by atoms with van der Waals surface area (Å²) in [6.07, 6.45) is 9.08. The Kier molecular flexibility index (Phi) is 21.3. The summed E-state index contributed by atoms with van der Waals surface area (Å²) in [4.78, 5) is 43.6. The largest absolute Gasteiger partial charge is 0.481 e. The van der Waals surface area contributed by atoms with Crippen LogP contribution in [0.2, 0.25) is 0 Å². The number of hydrogen-bond donors (Lipinski definition) is 6. The van der Waals surface area contributed by atoms with Gasteiger partial charge in [0.25, 0.3) is 0 Å². The lowest BCUT2D eigenvalue weighted by molar-refractivity contribution is -0.137. The zero-order valence-electron chi connectivity index (χ0n) is 26.1. The molecule has 6 N–H and O–H groups in total. The predicted octanol–water partition coefficient (Wildman–Crippen LogP) is 0.602. The second-order valence-electron chi connectivity index (χ2n) is 11.6. The summed E-state index contributed by atoms with van der Waals surface area (Å²) >= 11 is 0. The summed E-state index contributed by atoms with van der Waals surface area (Å²) in [5.41, 5.74) is 0. The van der Waals surface area contributed by atoms with E-state index in [4.69, 9.17) is 5.11 Å². The van der Waals surface area contributed by atoms with Crippen molar-refractivity contribution in [3.63, 3.8) is 0 Å². The van der Waals surface area contributed by atoms with Gasteiger partial charge >= 0.3 is 5.97 Å². The molecule has 0 aliphatic carbocycles. The molecule has 2 heterocycles. The number of nitrogens with one attached hydrogen (secondary N) is 5. The molecule has 0 aromatic carbocycles. The zero-order valence-corrected chi connectivity index (χ0v) is 26.1. The average molecular weight is 597 g/mol. The first-order valence-electron chi connectivity index (χ1n) is 16.6. The number of unbranched alkanes of at least 4 members (excludes halogenated alkanes) is 1. The fourth-order valence-corrected chi connectivity index (χ4v) is 5.29. The van der Waals surface area contributed by atoms with Crippen LogP contribution in [-0.2, 0) is 14.4 Å². The summed E-state index contributed by atoms with van der Waals surface area (Å²) in [6.45, 7) is 12.5. The van der Waals surface area contributed by atoms with Crippen LogP contribution in [0.3, 0.4) is 0 Å². The Morgan fingerprint density at radius 3 is 1.74 bits per heavy atom. The first kappa shape index (κ1) is 36.4. The molecule has 0 spiro atoms. The van der Waals surface area contributed by atoms with Crippen molar-refractivity contribution >= 4 is 17.8 Å². The van der Waals surface area contributed by atoms with Gasteiger partial charge in [-0.2, -0.15) is 0 Å². The minimum absolute atomic E-state index is 0.0997. The summed E-state index contributed by atoms with van der Waals surface area (Å²) in [7, 11) is 0. The molecule has 244 valence electrons. The van der Waals surface area contributed by atoms with Crippen LogP contribution >= 0.6 is 0 Å². The molecule has 0 unspecified atom stereocenters. The molecule has 0 aromatic rings. The van der Waals surface area contributed by atoms with Gasteiger partial charge in [-0.1, -0.05) is 0 Å². The SMILES string of the molecule is O=C(O)CCCCN1CCNCCCNCCCCN(C(=O)CCCC(=O)N2CCCCNCCCNCCNC2)C1. The topological polar surface area (TPSA) is 141 Å². The first-order valence-corrected chi connectivity index (χ1v) is 16.6. The Morgan fingerprint density at radius 2 is 1.07 bits per heavy atom. The van der Waals surface area contributed by atoms with E-state index in [0.29, 0.717) is 45.6 Å². The molecular formula is C30H60N8O4. The van der Waals surface area contributed by atoms with Crippen LogP contribution in [0.1, 0.15) is 77.0 Å². The van der Waals surface area contributed by atoms with E-state index in [1.165, 1.54) is 0 Å². The summed E-state index contributed by atoms with van der Waals surface area (Å²) in [6, 6.07) is 0. The van der Waals surface area contributed by atoms with Gasteiger partial charge in [-0.3, -0.25) is 24.6 Å². The van der Waals surface area contributed by atoms with Crippen LogP contribution in [0.4, 0.5) is 0 Å². The highest BCUT2D eigenvalue weighted by Crippen LogP contribution is 2.09. The second kappa shape index (κ2) is 24.6. The Morgan fingerprint density at radius 1 is 0.524 bits per heavy atom. The number of carboxylic acid groups (broad SMARTS) is 1. The van der Waals surface area contributed by atoms with Gasteiger partial charge < -0.3 is 36.2 Å². The third-order valence-corrected chi connectivity index (χ3v) is 7.84. The molecule has 2 rings (SSSR count). The van der Waals surface area contributed by atoms with E-state index in [0.717, 1.165) is 123 Å². The van der Waals surface area contributed by atoms with Gasteiger partial charge in [-0.25, -0.2) is 0 Å². The minimum Gasteiger partial charge on any atom is -0.481 e. The lowest BCUT2D eigenvalue weighted by Crippen LogP contribution is -2.45. The molecule has 2 aliphatic heterocycles. The lowest BCUT2D eigenvalue weighted by atomic mass is 10.2. The van der Waals surface area contributed by atoms with Crippen molar-refractivity contribution in [2.75, 3.05) is 98.4 Å². The van der Waals surface area contributed by atoms with E-state index in [2.05, 4.69) is 31.5 Å². The molecule has 0 radical (unpaired) electrons. The smallest absolute Gasteiger partial charge is 0.303 e. The molecular weight excluding hydrogens is 536 g/mol. The van der Waals surface area contributed by atoms with Crippen molar-refractivity contribution in [1.29, 1.82) is 0 Å². The Balaban J connectivity index is 1.88. The van der Waals surface area contributed by atoms with Crippen LogP contribution in [-0.4, -0.2) is 136 Å². The van der Waals surface area contributed by atoms with E-state index in [1.54, 1.807) is 0 Å². The maximum Gasteiger partial charge on any atom is 0.303 e. The molecule has 2 saturated heterocycles. The predicted molar refractivity (Wildman–Crippen MR) is 167 cm³/mol. The second-order valence-corrected chi connectivity index (χ2v) is 11.6. The van der Waals surface area contributed by atoms with Crippen molar-refractivity contribution in [3.8, 4) is 0 Å². The van der Waals surface area contributed by atoms with Gasteiger partial charge in [0.1, 0.15) is 0 Å². The maximum absolute atomic E-state index is 13.4. The lowest BCUT2D eigenvalue weighted by Gasteiger charge is -2.31. The average Bonchev–Trinajstić information content (AvgIpc) is 2.97. The third-order valence-electron chi connectivity index (χ3n) is 7.84. The molecule has 0 aromatic heterocycles. The number of hydrogen-bond acceptors (Lipinski definition) is 9. The van der Waals surface area contributed by atoms with E-state index in [9.17, 15) is 14.4 Å². The molecule has 2 aliphatic rings. The highest BCUT2D eigenvalue weighted by atomic mass is 16.4. The van der Waals surface area contributed by atoms with E-state index >= 15 is 0 Å². The monoisotopic (exact) mass is 596 g/mol. The van der Waals surface area contributed by atoms with Gasteiger partial charge in [0, 0.05) is 58.5 Å². The maximum atomic E-state index is 13.4. The number of carbonyl (C=O) groups is 3. The molecule has 0 saturated carbocycles. The van der Waals surface area contributed by atoms with Crippen LogP contribution in [0.25, 0.3) is 0 Å². The van der Waals surface area contributed by atoms with E-state index in [-0.39, 0.29) is 18.2 Å². The van der Waals surface area contributed by atoms with Gasteiger partial charge in [0.05, 0.1) is 13.3 Å². The van der Waals surface area contributed by atoms with Crippen LogP contribution in [0.15, 0.2) is 0 Å². The van der Waals surface area contributed by atoms with Crippen molar-refractivity contribution in [1.82, 2.24) is 41.3 Å². The van der Waals surface area contributed by atoms with Crippen LogP contribution in [0.5, 0.6) is 0 Å². The number of nitrogens with zero attached hydrogens (tertiary/aromatic N) is 3. The molecule has 2 fully saturated rings. The van der Waals surface area contributed by atoms with E-state index in [1.807, 2.05) is 9.80 Å². The van der Waals surface area contributed by atoms with Crippen molar-refractivity contribution in [2.24, 2.45) is 0 Å². The summed E-state index contributed by atoms with van der Waals surface area (Å²) in [5, 5.41) is 26.3. The highest BCUT2D eigenvalue weighted by molar-refractivity contribution is 5.79. The number of amides is 2. The Bertz CT molecular complexity index is 715. The third kappa shape index (κ3) is 18.7. The number of carboxylic acids is 1. The van der Waals surface area contributed by atoms with Crippen LogP contribution in [0, 0.1) is 0 Å². The fraction of sp³-hybridized carbons (Fsp3) is 0.900. The van der Waals surface area contributed by atoms with Crippen LogP contribution < -0.4 is 26.6 Å².